The largest absolute Gasteiger partial charge is 0.456 e. The summed E-state index contributed by atoms with van der Waals surface area (Å²) in [5.74, 6) is 0.814. The van der Waals surface area contributed by atoms with Gasteiger partial charge in [-0.1, -0.05) is 11.6 Å². The molecule has 2 rings (SSSR count). The van der Waals surface area contributed by atoms with Gasteiger partial charge in [-0.2, -0.15) is 0 Å². The molecule has 0 aromatic heterocycles. The number of ether oxygens (including phenoxy) is 1. The van der Waals surface area contributed by atoms with Crippen LogP contribution < -0.4 is 4.74 Å². The van der Waals surface area contributed by atoms with Crippen LogP contribution in [0.4, 0.5) is 5.69 Å². The molecule has 0 atom stereocenters. The zero-order chi connectivity index (χ0) is 15.6. The van der Waals surface area contributed by atoms with E-state index in [2.05, 4.69) is 0 Å². The smallest absolute Gasteiger partial charge is 0.272 e. The van der Waals surface area contributed by atoms with Gasteiger partial charge in [0.2, 0.25) is 0 Å². The Kier molecular flexibility index (Phi) is 4.23. The minimum Gasteiger partial charge on any atom is -0.456 e. The first kappa shape index (κ1) is 15.0. The van der Waals surface area contributed by atoms with Crippen molar-refractivity contribution in [3.63, 3.8) is 0 Å². The summed E-state index contributed by atoms with van der Waals surface area (Å²) in [7, 11) is 0. The number of nitrogens with zero attached hydrogens (tertiary/aromatic N) is 1. The standard InChI is InChI=1S/C15H12ClNO4/c1-9-6-15(10(2)5-13(9)17(19)20)21-14-4-3-12(16)7-11(14)8-18/h3-8H,1-2H3. The van der Waals surface area contributed by atoms with Crippen molar-refractivity contribution >= 4 is 23.6 Å². The molecular weight excluding hydrogens is 294 g/mol. The summed E-state index contributed by atoms with van der Waals surface area (Å²) < 4.78 is 5.69. The Morgan fingerprint density at radius 1 is 1.14 bits per heavy atom. The number of halogens is 1. The lowest BCUT2D eigenvalue weighted by Gasteiger charge is -2.11. The number of aldehydes is 1. The Bertz CT molecular complexity index is 728. The molecule has 0 fully saturated rings. The van der Waals surface area contributed by atoms with Gasteiger partial charge in [-0.25, -0.2) is 0 Å². The predicted molar refractivity (Wildman–Crippen MR) is 79.5 cm³/mol. The molecule has 2 aromatic carbocycles. The maximum atomic E-state index is 11.0. The monoisotopic (exact) mass is 305 g/mol. The number of aryl methyl sites for hydroxylation is 2. The number of benzene rings is 2. The summed E-state index contributed by atoms with van der Waals surface area (Å²) in [6.07, 6.45) is 0.648. The quantitative estimate of drug-likeness (QED) is 0.475. The highest BCUT2D eigenvalue weighted by Crippen LogP contribution is 2.33. The molecule has 0 aliphatic heterocycles. The molecule has 0 heterocycles. The van der Waals surface area contributed by atoms with Crippen molar-refractivity contribution in [1.29, 1.82) is 0 Å². The highest BCUT2D eigenvalue weighted by atomic mass is 35.5. The van der Waals surface area contributed by atoms with Gasteiger partial charge in [-0.3, -0.25) is 14.9 Å². The zero-order valence-electron chi connectivity index (χ0n) is 11.4. The first-order valence-electron chi connectivity index (χ1n) is 6.10. The lowest BCUT2D eigenvalue weighted by molar-refractivity contribution is -0.385. The van der Waals surface area contributed by atoms with Gasteiger partial charge in [0.1, 0.15) is 11.5 Å². The molecule has 0 aliphatic rings. The van der Waals surface area contributed by atoms with E-state index in [1.165, 1.54) is 12.1 Å². The van der Waals surface area contributed by atoms with Crippen LogP contribution in [-0.4, -0.2) is 11.2 Å². The van der Waals surface area contributed by atoms with Crippen molar-refractivity contribution in [1.82, 2.24) is 0 Å². The number of nitro groups is 1. The molecule has 21 heavy (non-hydrogen) atoms. The predicted octanol–water partition coefficient (Wildman–Crippen LogP) is 4.47. The van der Waals surface area contributed by atoms with Crippen LogP contribution in [0.15, 0.2) is 30.3 Å². The summed E-state index contributed by atoms with van der Waals surface area (Å²) in [6.45, 7) is 3.34. The molecule has 0 unspecified atom stereocenters. The number of hydrogen-bond donors (Lipinski definition) is 0. The van der Waals surface area contributed by atoms with E-state index in [9.17, 15) is 14.9 Å². The molecular formula is C15H12ClNO4. The van der Waals surface area contributed by atoms with E-state index < -0.39 is 4.92 Å². The fourth-order valence-electron chi connectivity index (χ4n) is 1.90. The minimum atomic E-state index is -0.439. The SMILES string of the molecule is Cc1cc([N+](=O)[O-])c(C)cc1Oc1ccc(Cl)cc1C=O. The molecule has 0 spiro atoms. The number of carbonyl (C=O) groups excluding carboxylic acids is 1. The average molecular weight is 306 g/mol. The van der Waals surface area contributed by atoms with Crippen LogP contribution in [0.5, 0.6) is 11.5 Å². The minimum absolute atomic E-state index is 0.0339. The van der Waals surface area contributed by atoms with E-state index in [0.29, 0.717) is 39.5 Å². The van der Waals surface area contributed by atoms with Gasteiger partial charge in [0.15, 0.2) is 6.29 Å². The van der Waals surface area contributed by atoms with Crippen molar-refractivity contribution in [2.45, 2.75) is 13.8 Å². The molecule has 108 valence electrons. The maximum Gasteiger partial charge on any atom is 0.272 e. The highest BCUT2D eigenvalue weighted by molar-refractivity contribution is 6.30. The van der Waals surface area contributed by atoms with Gasteiger partial charge in [0.25, 0.3) is 5.69 Å². The van der Waals surface area contributed by atoms with Gasteiger partial charge in [-0.15, -0.1) is 0 Å². The number of hydrogen-bond acceptors (Lipinski definition) is 4. The van der Waals surface area contributed by atoms with E-state index >= 15 is 0 Å². The second-order valence-corrected chi connectivity index (χ2v) is 5.00. The summed E-state index contributed by atoms with van der Waals surface area (Å²) in [5.41, 5.74) is 1.45. The van der Waals surface area contributed by atoms with Crippen LogP contribution in [0.3, 0.4) is 0 Å². The number of carbonyl (C=O) groups is 1. The van der Waals surface area contributed by atoms with Crippen molar-refractivity contribution in [2.75, 3.05) is 0 Å². The lowest BCUT2D eigenvalue weighted by atomic mass is 10.1. The molecule has 0 amide bonds. The molecule has 6 heteroatoms. The topological polar surface area (TPSA) is 69.4 Å². The average Bonchev–Trinajstić information content (AvgIpc) is 2.43. The molecule has 0 N–H and O–H groups in total. The Morgan fingerprint density at radius 3 is 2.48 bits per heavy atom. The first-order chi connectivity index (χ1) is 9.92. The Balaban J connectivity index is 2.43. The third-order valence-corrected chi connectivity index (χ3v) is 3.24. The highest BCUT2D eigenvalue weighted by Gasteiger charge is 2.15. The zero-order valence-corrected chi connectivity index (χ0v) is 12.2. The molecule has 2 aromatic rings. The third kappa shape index (κ3) is 3.20. The number of nitro benzene ring substituents is 1. The van der Waals surface area contributed by atoms with Crippen LogP contribution in [0.2, 0.25) is 5.02 Å². The third-order valence-electron chi connectivity index (χ3n) is 3.01. The van der Waals surface area contributed by atoms with Crippen LogP contribution in [-0.2, 0) is 0 Å². The molecule has 0 bridgehead atoms. The fraction of sp³-hybridized carbons (Fsp3) is 0.133. The molecule has 0 radical (unpaired) electrons. The van der Waals surface area contributed by atoms with E-state index in [1.807, 2.05) is 0 Å². The van der Waals surface area contributed by atoms with Crippen molar-refractivity contribution in [3.05, 3.63) is 62.2 Å². The second-order valence-electron chi connectivity index (χ2n) is 4.56. The van der Waals surface area contributed by atoms with Crippen molar-refractivity contribution in [2.24, 2.45) is 0 Å². The molecule has 5 nitrogen and oxygen atoms in total. The first-order valence-corrected chi connectivity index (χ1v) is 6.48. The summed E-state index contributed by atoms with van der Waals surface area (Å²) in [6, 6.07) is 7.72. The molecule has 0 saturated carbocycles. The van der Waals surface area contributed by atoms with E-state index in [0.717, 1.165) is 0 Å². The molecule has 0 aliphatic carbocycles. The Morgan fingerprint density at radius 2 is 1.86 bits per heavy atom. The summed E-state index contributed by atoms with van der Waals surface area (Å²) >= 11 is 5.82. The molecule has 0 saturated heterocycles. The lowest BCUT2D eigenvalue weighted by Crippen LogP contribution is -1.96. The van der Waals surface area contributed by atoms with E-state index in [4.69, 9.17) is 16.3 Å². The Hall–Kier alpha value is -2.40. The van der Waals surface area contributed by atoms with Gasteiger partial charge in [-0.05, 0) is 43.7 Å². The van der Waals surface area contributed by atoms with Gasteiger partial charge >= 0.3 is 0 Å². The fourth-order valence-corrected chi connectivity index (χ4v) is 2.08. The second kappa shape index (κ2) is 5.93. The number of rotatable bonds is 4. The Labute approximate surface area is 126 Å². The van der Waals surface area contributed by atoms with E-state index in [-0.39, 0.29) is 5.69 Å². The van der Waals surface area contributed by atoms with Crippen LogP contribution >= 0.6 is 11.6 Å². The van der Waals surface area contributed by atoms with E-state index in [1.54, 1.807) is 32.0 Å². The van der Waals surface area contributed by atoms with Crippen LogP contribution in [0, 0.1) is 24.0 Å². The van der Waals surface area contributed by atoms with Gasteiger partial charge < -0.3 is 4.74 Å². The maximum absolute atomic E-state index is 11.0. The van der Waals surface area contributed by atoms with Gasteiger partial charge in [0, 0.05) is 16.7 Å². The van der Waals surface area contributed by atoms with Crippen molar-refractivity contribution < 1.29 is 14.5 Å². The summed E-state index contributed by atoms with van der Waals surface area (Å²) in [5, 5.41) is 11.3. The van der Waals surface area contributed by atoms with Crippen LogP contribution in [0.1, 0.15) is 21.5 Å². The van der Waals surface area contributed by atoms with Gasteiger partial charge in [0.05, 0.1) is 10.5 Å². The summed E-state index contributed by atoms with van der Waals surface area (Å²) in [4.78, 5) is 21.5. The van der Waals surface area contributed by atoms with Crippen LogP contribution in [0.25, 0.3) is 0 Å². The normalized spacial score (nSPS) is 10.2. The van der Waals surface area contributed by atoms with Crippen molar-refractivity contribution in [3.8, 4) is 11.5 Å².